The number of ether oxygens (including phenoxy) is 2. The molecule has 4 nitrogen and oxygen atoms in total. The number of fused-ring (bicyclic) bond motifs is 2. The van der Waals surface area contributed by atoms with Gasteiger partial charge in [-0.1, -0.05) is 11.6 Å². The summed E-state index contributed by atoms with van der Waals surface area (Å²) in [6.07, 6.45) is 3.06. The first-order valence-electron chi connectivity index (χ1n) is 6.67. The maximum Gasteiger partial charge on any atom is 0.163 e. The fourth-order valence-corrected chi connectivity index (χ4v) is 3.00. The summed E-state index contributed by atoms with van der Waals surface area (Å²) in [5.74, 6) is 1.18. The molecule has 106 valence electrons. The standard InChI is InChI=1S/C15H16ClNO3/c1-19-13-7-10-12(8-14(13)20-6-5-18)17-11-4-2-3-9(11)15(10)16/h7-8,18H,2-6H2,1H3. The number of rotatable bonds is 4. The number of methoxy groups -OCH3 is 1. The van der Waals surface area contributed by atoms with Crippen molar-refractivity contribution >= 4 is 22.5 Å². The van der Waals surface area contributed by atoms with Gasteiger partial charge >= 0.3 is 0 Å². The Morgan fingerprint density at radius 2 is 2.15 bits per heavy atom. The monoisotopic (exact) mass is 293 g/mol. The molecule has 0 atom stereocenters. The van der Waals surface area contributed by atoms with E-state index in [2.05, 4.69) is 4.98 Å². The summed E-state index contributed by atoms with van der Waals surface area (Å²) in [7, 11) is 1.58. The third-order valence-corrected chi connectivity index (χ3v) is 4.01. The molecule has 1 aromatic carbocycles. The molecule has 0 amide bonds. The van der Waals surface area contributed by atoms with Crippen LogP contribution in [0.1, 0.15) is 17.7 Å². The van der Waals surface area contributed by atoms with Crippen LogP contribution in [0.2, 0.25) is 5.02 Å². The molecule has 1 heterocycles. The van der Waals surface area contributed by atoms with E-state index >= 15 is 0 Å². The predicted octanol–water partition coefficient (Wildman–Crippen LogP) is 2.76. The van der Waals surface area contributed by atoms with Crippen molar-refractivity contribution in [3.05, 3.63) is 28.4 Å². The minimum atomic E-state index is -0.0421. The molecule has 20 heavy (non-hydrogen) atoms. The lowest BCUT2D eigenvalue weighted by atomic mass is 10.1. The molecule has 0 unspecified atom stereocenters. The third kappa shape index (κ3) is 2.19. The van der Waals surface area contributed by atoms with Crippen LogP contribution in [-0.2, 0) is 12.8 Å². The normalized spacial score (nSPS) is 13.6. The molecule has 0 saturated carbocycles. The SMILES string of the molecule is COc1cc2c(Cl)c3c(nc2cc1OCCO)CCC3. The van der Waals surface area contributed by atoms with Crippen molar-refractivity contribution < 1.29 is 14.6 Å². The fraction of sp³-hybridized carbons (Fsp3) is 0.400. The Morgan fingerprint density at radius 1 is 1.30 bits per heavy atom. The van der Waals surface area contributed by atoms with Crippen molar-refractivity contribution in [3.8, 4) is 11.5 Å². The number of aliphatic hydroxyl groups excluding tert-OH is 1. The van der Waals surface area contributed by atoms with Gasteiger partial charge in [0.05, 0.1) is 24.3 Å². The molecule has 5 heteroatoms. The van der Waals surface area contributed by atoms with Gasteiger partial charge in [0, 0.05) is 17.1 Å². The van der Waals surface area contributed by atoms with E-state index in [1.54, 1.807) is 7.11 Å². The highest BCUT2D eigenvalue weighted by atomic mass is 35.5. The zero-order valence-corrected chi connectivity index (χ0v) is 12.0. The maximum atomic E-state index is 8.87. The number of pyridine rings is 1. The lowest BCUT2D eigenvalue weighted by molar-refractivity contribution is 0.196. The second kappa shape index (κ2) is 5.46. The molecule has 0 aliphatic heterocycles. The van der Waals surface area contributed by atoms with Gasteiger partial charge in [-0.15, -0.1) is 0 Å². The average Bonchev–Trinajstić information content (AvgIpc) is 2.93. The molecule has 0 spiro atoms. The maximum absolute atomic E-state index is 8.87. The lowest BCUT2D eigenvalue weighted by Crippen LogP contribution is -2.03. The molecule has 0 fully saturated rings. The molecule has 1 aromatic heterocycles. The minimum Gasteiger partial charge on any atom is -0.493 e. The second-order valence-corrected chi connectivity index (χ2v) is 5.17. The van der Waals surface area contributed by atoms with Crippen LogP contribution >= 0.6 is 11.6 Å². The molecule has 1 aliphatic rings. The number of nitrogens with zero attached hydrogens (tertiary/aromatic N) is 1. The van der Waals surface area contributed by atoms with E-state index in [9.17, 15) is 0 Å². The van der Waals surface area contributed by atoms with Crippen LogP contribution in [0.15, 0.2) is 12.1 Å². The molecule has 0 bridgehead atoms. The van der Waals surface area contributed by atoms with Crippen LogP contribution in [0, 0.1) is 0 Å². The van der Waals surface area contributed by atoms with E-state index in [1.165, 1.54) is 0 Å². The molecule has 1 aliphatic carbocycles. The Balaban J connectivity index is 2.17. The Labute approximate surface area is 122 Å². The van der Waals surface area contributed by atoms with Gasteiger partial charge in [0.1, 0.15) is 6.61 Å². The van der Waals surface area contributed by atoms with Crippen molar-refractivity contribution in [3.63, 3.8) is 0 Å². The summed E-state index contributed by atoms with van der Waals surface area (Å²) < 4.78 is 10.8. The van der Waals surface area contributed by atoms with Crippen LogP contribution < -0.4 is 9.47 Å². The van der Waals surface area contributed by atoms with Crippen molar-refractivity contribution in [1.29, 1.82) is 0 Å². The van der Waals surface area contributed by atoms with Gasteiger partial charge in [-0.2, -0.15) is 0 Å². The summed E-state index contributed by atoms with van der Waals surface area (Å²) in [4.78, 5) is 4.68. The number of hydrogen-bond acceptors (Lipinski definition) is 4. The number of benzene rings is 1. The molecular weight excluding hydrogens is 278 g/mol. The molecule has 0 saturated heterocycles. The molecule has 0 radical (unpaired) electrons. The van der Waals surface area contributed by atoms with Crippen molar-refractivity contribution in [1.82, 2.24) is 4.98 Å². The first-order valence-corrected chi connectivity index (χ1v) is 7.05. The summed E-state index contributed by atoms with van der Waals surface area (Å²) in [5, 5.41) is 10.5. The zero-order valence-electron chi connectivity index (χ0n) is 11.3. The largest absolute Gasteiger partial charge is 0.493 e. The second-order valence-electron chi connectivity index (χ2n) is 4.80. The van der Waals surface area contributed by atoms with Gasteiger partial charge in [0.15, 0.2) is 11.5 Å². The summed E-state index contributed by atoms with van der Waals surface area (Å²) >= 11 is 6.50. The number of aromatic nitrogens is 1. The number of halogens is 1. The van der Waals surface area contributed by atoms with E-state index in [-0.39, 0.29) is 13.2 Å². The van der Waals surface area contributed by atoms with Gasteiger partial charge < -0.3 is 14.6 Å². The van der Waals surface area contributed by atoms with Crippen LogP contribution in [-0.4, -0.2) is 30.4 Å². The summed E-state index contributed by atoms with van der Waals surface area (Å²) in [6.45, 7) is 0.181. The van der Waals surface area contributed by atoms with E-state index in [1.807, 2.05) is 12.1 Å². The smallest absolute Gasteiger partial charge is 0.163 e. The third-order valence-electron chi connectivity index (χ3n) is 3.58. The van der Waals surface area contributed by atoms with E-state index in [4.69, 9.17) is 26.2 Å². The number of hydrogen-bond donors (Lipinski definition) is 1. The Kier molecular flexibility index (Phi) is 3.68. The Morgan fingerprint density at radius 3 is 2.90 bits per heavy atom. The summed E-state index contributed by atoms with van der Waals surface area (Å²) in [5.41, 5.74) is 3.05. The minimum absolute atomic E-state index is 0.0421. The molecule has 1 N–H and O–H groups in total. The highest BCUT2D eigenvalue weighted by Gasteiger charge is 2.20. The Bertz CT molecular complexity index is 657. The Hall–Kier alpha value is -1.52. The predicted molar refractivity (Wildman–Crippen MR) is 77.9 cm³/mol. The molecule has 2 aromatic rings. The van der Waals surface area contributed by atoms with Crippen LogP contribution in [0.5, 0.6) is 11.5 Å². The lowest BCUT2D eigenvalue weighted by Gasteiger charge is -2.13. The first kappa shape index (κ1) is 13.5. The van der Waals surface area contributed by atoms with Gasteiger partial charge in [-0.25, -0.2) is 0 Å². The number of aliphatic hydroxyl groups is 1. The van der Waals surface area contributed by atoms with Gasteiger partial charge in [0.25, 0.3) is 0 Å². The number of aryl methyl sites for hydroxylation is 1. The van der Waals surface area contributed by atoms with Gasteiger partial charge in [-0.3, -0.25) is 4.98 Å². The average molecular weight is 294 g/mol. The van der Waals surface area contributed by atoms with Gasteiger partial charge in [-0.05, 0) is 30.9 Å². The van der Waals surface area contributed by atoms with Crippen molar-refractivity contribution in [2.75, 3.05) is 20.3 Å². The van der Waals surface area contributed by atoms with E-state index in [0.29, 0.717) is 11.5 Å². The van der Waals surface area contributed by atoms with E-state index < -0.39 is 0 Å². The van der Waals surface area contributed by atoms with Gasteiger partial charge in [0.2, 0.25) is 0 Å². The summed E-state index contributed by atoms with van der Waals surface area (Å²) in [6, 6.07) is 3.68. The topological polar surface area (TPSA) is 51.6 Å². The van der Waals surface area contributed by atoms with Crippen LogP contribution in [0.25, 0.3) is 10.9 Å². The highest BCUT2D eigenvalue weighted by molar-refractivity contribution is 6.36. The first-order chi connectivity index (χ1) is 9.74. The molecule has 3 rings (SSSR count). The van der Waals surface area contributed by atoms with Crippen molar-refractivity contribution in [2.45, 2.75) is 19.3 Å². The van der Waals surface area contributed by atoms with Crippen LogP contribution in [0.4, 0.5) is 0 Å². The zero-order chi connectivity index (χ0) is 14.1. The molecular formula is C15H16ClNO3. The van der Waals surface area contributed by atoms with E-state index in [0.717, 1.165) is 46.4 Å². The quantitative estimate of drug-likeness (QED) is 0.942. The fourth-order valence-electron chi connectivity index (χ4n) is 2.64. The highest BCUT2D eigenvalue weighted by Crippen LogP contribution is 2.39. The van der Waals surface area contributed by atoms with Crippen molar-refractivity contribution in [2.24, 2.45) is 0 Å². The van der Waals surface area contributed by atoms with Crippen LogP contribution in [0.3, 0.4) is 0 Å².